The largest absolute Gasteiger partial charge is 0.494 e. The van der Waals surface area contributed by atoms with Gasteiger partial charge in [-0.15, -0.1) is 0 Å². The van der Waals surface area contributed by atoms with E-state index < -0.39 is 16.8 Å². The fourth-order valence-corrected chi connectivity index (χ4v) is 3.74. The summed E-state index contributed by atoms with van der Waals surface area (Å²) in [5.41, 5.74) is 2.80. The van der Waals surface area contributed by atoms with E-state index in [0.717, 1.165) is 5.56 Å². The summed E-state index contributed by atoms with van der Waals surface area (Å²) in [6, 6.07) is 13.5. The predicted molar refractivity (Wildman–Crippen MR) is 123 cm³/mol. The number of methoxy groups -OCH3 is 1. The van der Waals surface area contributed by atoms with Crippen LogP contribution in [0.25, 0.3) is 0 Å². The second-order valence-electron chi connectivity index (χ2n) is 7.32. The summed E-state index contributed by atoms with van der Waals surface area (Å²) < 4.78 is 12.2. The van der Waals surface area contributed by atoms with Gasteiger partial charge >= 0.3 is 5.97 Å². The number of benzene rings is 2. The fraction of sp³-hybridized carbons (Fsp3) is 0.250. The summed E-state index contributed by atoms with van der Waals surface area (Å²) >= 11 is 0. The highest BCUT2D eigenvalue weighted by Crippen LogP contribution is 2.31. The summed E-state index contributed by atoms with van der Waals surface area (Å²) in [5.74, 6) is -0.822. The van der Waals surface area contributed by atoms with Gasteiger partial charge in [-0.1, -0.05) is 30.3 Å². The highest BCUT2D eigenvalue weighted by Gasteiger charge is 2.28. The SMILES string of the molecule is CCOC(=O)c1c(C)c(C(=O)Nc2ccc([N+](=O)[O-])cc2OC)c(C)n1Cc1ccccc1. The van der Waals surface area contributed by atoms with Crippen LogP contribution in [0.2, 0.25) is 0 Å². The summed E-state index contributed by atoms with van der Waals surface area (Å²) in [5, 5.41) is 13.8. The van der Waals surface area contributed by atoms with E-state index in [1.807, 2.05) is 30.3 Å². The van der Waals surface area contributed by atoms with Gasteiger partial charge in [0.15, 0.2) is 0 Å². The van der Waals surface area contributed by atoms with Crippen molar-refractivity contribution in [2.75, 3.05) is 19.0 Å². The second-order valence-corrected chi connectivity index (χ2v) is 7.32. The van der Waals surface area contributed by atoms with E-state index in [1.54, 1.807) is 25.3 Å². The van der Waals surface area contributed by atoms with Crippen molar-refractivity contribution in [3.8, 4) is 5.75 Å². The first kappa shape index (κ1) is 23.5. The van der Waals surface area contributed by atoms with Crippen LogP contribution in [0.3, 0.4) is 0 Å². The number of ether oxygens (including phenoxy) is 2. The summed E-state index contributed by atoms with van der Waals surface area (Å²) in [6.07, 6.45) is 0. The van der Waals surface area contributed by atoms with Gasteiger partial charge in [0.1, 0.15) is 11.4 Å². The van der Waals surface area contributed by atoms with Crippen molar-refractivity contribution < 1.29 is 24.0 Å². The van der Waals surface area contributed by atoms with E-state index in [0.29, 0.717) is 29.1 Å². The third-order valence-corrected chi connectivity index (χ3v) is 5.29. The summed E-state index contributed by atoms with van der Waals surface area (Å²) in [6.45, 7) is 5.77. The van der Waals surface area contributed by atoms with Crippen LogP contribution in [0, 0.1) is 24.0 Å². The van der Waals surface area contributed by atoms with Crippen molar-refractivity contribution in [2.24, 2.45) is 0 Å². The number of carbonyl (C=O) groups excluding carboxylic acids is 2. The number of aromatic nitrogens is 1. The van der Waals surface area contributed by atoms with Crippen LogP contribution in [0.5, 0.6) is 5.75 Å². The number of hydrogen-bond acceptors (Lipinski definition) is 6. The van der Waals surface area contributed by atoms with E-state index in [2.05, 4.69) is 5.32 Å². The molecule has 1 N–H and O–H groups in total. The van der Waals surface area contributed by atoms with Crippen molar-refractivity contribution in [1.82, 2.24) is 4.57 Å². The molecule has 0 radical (unpaired) electrons. The van der Waals surface area contributed by atoms with Gasteiger partial charge in [0, 0.05) is 18.3 Å². The van der Waals surface area contributed by atoms with Gasteiger partial charge in [0.05, 0.1) is 36.0 Å². The molecular formula is C24H25N3O6. The topological polar surface area (TPSA) is 113 Å². The van der Waals surface area contributed by atoms with Crippen LogP contribution in [-0.4, -0.2) is 35.1 Å². The molecule has 0 spiro atoms. The molecule has 9 heteroatoms. The van der Waals surface area contributed by atoms with Gasteiger partial charge in [-0.2, -0.15) is 0 Å². The van der Waals surface area contributed by atoms with E-state index in [9.17, 15) is 19.7 Å². The number of hydrogen-bond donors (Lipinski definition) is 1. The molecule has 0 unspecified atom stereocenters. The Morgan fingerprint density at radius 2 is 1.82 bits per heavy atom. The first-order valence-electron chi connectivity index (χ1n) is 10.3. The fourth-order valence-electron chi connectivity index (χ4n) is 3.74. The molecule has 0 aliphatic carbocycles. The number of esters is 1. The van der Waals surface area contributed by atoms with E-state index in [4.69, 9.17) is 9.47 Å². The number of nitrogens with zero attached hydrogens (tertiary/aromatic N) is 2. The molecule has 1 heterocycles. The lowest BCUT2D eigenvalue weighted by Crippen LogP contribution is -2.15. The number of nitro benzene ring substituents is 1. The number of rotatable bonds is 8. The number of non-ortho nitro benzene ring substituents is 1. The van der Waals surface area contributed by atoms with Gasteiger partial charge < -0.3 is 19.4 Å². The van der Waals surface area contributed by atoms with Crippen LogP contribution in [0.15, 0.2) is 48.5 Å². The molecule has 2 aromatic carbocycles. The number of anilines is 1. The lowest BCUT2D eigenvalue weighted by Gasteiger charge is -2.12. The molecule has 1 aromatic heterocycles. The molecule has 0 aliphatic rings. The number of nitrogens with one attached hydrogen (secondary N) is 1. The van der Waals surface area contributed by atoms with Crippen LogP contribution in [0.1, 0.15) is 44.6 Å². The van der Waals surface area contributed by atoms with Crippen molar-refractivity contribution in [3.63, 3.8) is 0 Å². The maximum Gasteiger partial charge on any atom is 0.355 e. The molecule has 172 valence electrons. The lowest BCUT2D eigenvalue weighted by atomic mass is 10.1. The Hall–Kier alpha value is -4.14. The Morgan fingerprint density at radius 1 is 1.12 bits per heavy atom. The minimum absolute atomic E-state index is 0.155. The predicted octanol–water partition coefficient (Wildman–Crippen LogP) is 4.50. The molecule has 0 atom stereocenters. The summed E-state index contributed by atoms with van der Waals surface area (Å²) in [7, 11) is 1.36. The number of amides is 1. The average Bonchev–Trinajstić information content (AvgIpc) is 3.04. The third-order valence-electron chi connectivity index (χ3n) is 5.29. The van der Waals surface area contributed by atoms with Crippen LogP contribution in [-0.2, 0) is 11.3 Å². The molecule has 33 heavy (non-hydrogen) atoms. The minimum Gasteiger partial charge on any atom is -0.494 e. The smallest absolute Gasteiger partial charge is 0.355 e. The highest BCUT2D eigenvalue weighted by atomic mass is 16.6. The van der Waals surface area contributed by atoms with Gasteiger partial charge in [-0.3, -0.25) is 14.9 Å². The van der Waals surface area contributed by atoms with Gasteiger partial charge in [-0.25, -0.2) is 4.79 Å². The van der Waals surface area contributed by atoms with Crippen molar-refractivity contribution >= 4 is 23.3 Å². The van der Waals surface area contributed by atoms with Gasteiger partial charge in [0.2, 0.25) is 0 Å². The first-order chi connectivity index (χ1) is 15.8. The Bertz CT molecular complexity index is 1200. The van der Waals surface area contributed by atoms with E-state index >= 15 is 0 Å². The van der Waals surface area contributed by atoms with E-state index in [-0.39, 0.29) is 23.7 Å². The number of nitro groups is 1. The Morgan fingerprint density at radius 3 is 2.42 bits per heavy atom. The molecule has 9 nitrogen and oxygen atoms in total. The van der Waals surface area contributed by atoms with Crippen LogP contribution in [0.4, 0.5) is 11.4 Å². The van der Waals surface area contributed by atoms with Gasteiger partial charge in [-0.05, 0) is 38.0 Å². The molecule has 1 amide bonds. The molecule has 0 aliphatic heterocycles. The maximum absolute atomic E-state index is 13.3. The average molecular weight is 451 g/mol. The molecule has 0 saturated heterocycles. The van der Waals surface area contributed by atoms with Crippen LogP contribution >= 0.6 is 0 Å². The second kappa shape index (κ2) is 9.99. The Kier molecular flexibility index (Phi) is 7.12. The normalized spacial score (nSPS) is 10.5. The first-order valence-corrected chi connectivity index (χ1v) is 10.3. The van der Waals surface area contributed by atoms with Crippen molar-refractivity contribution in [1.29, 1.82) is 0 Å². The quantitative estimate of drug-likeness (QED) is 0.307. The summed E-state index contributed by atoms with van der Waals surface area (Å²) in [4.78, 5) is 36.5. The molecule has 3 rings (SSSR count). The Balaban J connectivity index is 2.04. The molecule has 0 saturated carbocycles. The monoisotopic (exact) mass is 451 g/mol. The third kappa shape index (κ3) is 4.87. The molecule has 0 fully saturated rings. The molecule has 3 aromatic rings. The molecular weight excluding hydrogens is 426 g/mol. The van der Waals surface area contributed by atoms with E-state index in [1.165, 1.54) is 25.3 Å². The molecule has 0 bridgehead atoms. The Labute approximate surface area is 191 Å². The van der Waals surface area contributed by atoms with Crippen molar-refractivity contribution in [3.05, 3.63) is 86.7 Å². The van der Waals surface area contributed by atoms with Crippen LogP contribution < -0.4 is 10.1 Å². The minimum atomic E-state index is -0.544. The lowest BCUT2D eigenvalue weighted by molar-refractivity contribution is -0.384. The maximum atomic E-state index is 13.3. The number of carbonyl (C=O) groups is 2. The highest BCUT2D eigenvalue weighted by molar-refractivity contribution is 6.09. The zero-order valence-corrected chi connectivity index (χ0v) is 18.9. The van der Waals surface area contributed by atoms with Gasteiger partial charge in [0.25, 0.3) is 11.6 Å². The zero-order valence-electron chi connectivity index (χ0n) is 18.9. The zero-order chi connectivity index (χ0) is 24.1. The standard InChI is InChI=1S/C24H25N3O6/c1-5-33-24(29)22-15(2)21(16(3)26(22)14-17-9-7-6-8-10-17)23(28)25-19-12-11-18(27(30)31)13-20(19)32-4/h6-13H,5,14H2,1-4H3,(H,25,28). The van der Waals surface area contributed by atoms with Crippen molar-refractivity contribution in [2.45, 2.75) is 27.3 Å².